The molecule has 21 nitrogen and oxygen atoms in total. The van der Waals surface area contributed by atoms with E-state index in [0.29, 0.717) is 19.3 Å². The van der Waals surface area contributed by atoms with E-state index in [2.05, 4.69) is 10.6 Å². The van der Waals surface area contributed by atoms with Crippen molar-refractivity contribution in [3.63, 3.8) is 0 Å². The van der Waals surface area contributed by atoms with E-state index in [9.17, 15) is 33.6 Å². The first kappa shape index (κ1) is 58.0. The Balaban J connectivity index is 1.74. The maximum atomic E-state index is 14.1. The van der Waals surface area contributed by atoms with E-state index in [1.54, 1.807) is 13.8 Å². The van der Waals surface area contributed by atoms with Crippen LogP contribution in [0.4, 0.5) is 0 Å². The zero-order valence-electron chi connectivity index (χ0n) is 41.7. The molecule has 2 aliphatic rings. The highest BCUT2D eigenvalue weighted by Crippen LogP contribution is 2.34. The van der Waals surface area contributed by atoms with Gasteiger partial charge in [-0.15, -0.1) is 0 Å². The molecule has 2 aromatic carbocycles. The van der Waals surface area contributed by atoms with Gasteiger partial charge in [0.15, 0.2) is 24.8 Å². The van der Waals surface area contributed by atoms with Crippen molar-refractivity contribution in [3.8, 4) is 0 Å². The van der Waals surface area contributed by atoms with Crippen LogP contribution in [0.3, 0.4) is 0 Å². The fourth-order valence-corrected chi connectivity index (χ4v) is 7.99. The zero-order chi connectivity index (χ0) is 51.9. The van der Waals surface area contributed by atoms with Gasteiger partial charge in [-0.3, -0.25) is 33.6 Å². The van der Waals surface area contributed by atoms with Crippen LogP contribution >= 0.6 is 0 Å². The largest absolute Gasteiger partial charge is 0.469 e. The average molecular weight is 1000 g/mol. The van der Waals surface area contributed by atoms with Gasteiger partial charge < -0.3 is 67.5 Å². The van der Waals surface area contributed by atoms with Gasteiger partial charge in [0.1, 0.15) is 24.4 Å². The third kappa shape index (κ3) is 19.5. The predicted molar refractivity (Wildman–Crippen MR) is 248 cm³/mol. The Hall–Kier alpha value is -5.55. The molecule has 2 heterocycles. The van der Waals surface area contributed by atoms with Gasteiger partial charge >= 0.3 is 29.8 Å². The van der Waals surface area contributed by atoms with Gasteiger partial charge in [0.2, 0.25) is 0 Å². The highest BCUT2D eigenvalue weighted by atomic mass is 16.8. The summed E-state index contributed by atoms with van der Waals surface area (Å²) in [4.78, 5) is 87.3. The maximum absolute atomic E-state index is 14.1. The number of amides is 2. The van der Waals surface area contributed by atoms with Crippen molar-refractivity contribution in [2.45, 2.75) is 167 Å². The van der Waals surface area contributed by atoms with E-state index < -0.39 is 109 Å². The number of methoxy groups -OCH3 is 2. The van der Waals surface area contributed by atoms with Crippen LogP contribution in [0.1, 0.15) is 91.2 Å². The molecule has 0 bridgehead atoms. The summed E-state index contributed by atoms with van der Waals surface area (Å²) in [5, 5.41) is 5.87. The Kier molecular flexibility index (Phi) is 24.8. The number of esters is 5. The highest BCUT2D eigenvalue weighted by Gasteiger charge is 2.53. The molecule has 0 unspecified atom stereocenters. The fraction of sp³-hybridized carbons (Fsp3) is 0.620. The Morgan fingerprint density at radius 1 is 0.549 bits per heavy atom. The van der Waals surface area contributed by atoms with Gasteiger partial charge in [0, 0.05) is 60.7 Å². The van der Waals surface area contributed by atoms with Gasteiger partial charge in [0.25, 0.3) is 11.8 Å². The molecule has 2 amide bonds. The Morgan fingerprint density at radius 2 is 1.01 bits per heavy atom. The number of benzene rings is 2. The van der Waals surface area contributed by atoms with Crippen molar-refractivity contribution >= 4 is 41.7 Å². The van der Waals surface area contributed by atoms with Crippen molar-refractivity contribution in [2.24, 2.45) is 0 Å². The normalized spacial score (nSPS) is 24.8. The molecule has 2 aliphatic heterocycles. The second kappa shape index (κ2) is 30.4. The quantitative estimate of drug-likeness (QED) is 0.0702. The van der Waals surface area contributed by atoms with Crippen molar-refractivity contribution < 1.29 is 90.4 Å². The van der Waals surface area contributed by atoms with Crippen molar-refractivity contribution in [3.05, 3.63) is 71.8 Å². The lowest BCUT2D eigenvalue weighted by atomic mass is 9.94. The van der Waals surface area contributed by atoms with E-state index in [4.69, 9.17) is 56.8 Å². The molecular weight excluding hydrogens is 933 g/mol. The first-order valence-electron chi connectivity index (χ1n) is 23.7. The number of carbonyl (C=O) groups is 7. The minimum Gasteiger partial charge on any atom is -0.469 e. The summed E-state index contributed by atoms with van der Waals surface area (Å²) in [5.41, 5.74) is 1.58. The van der Waals surface area contributed by atoms with Crippen LogP contribution in [0.25, 0.3) is 0 Å². The van der Waals surface area contributed by atoms with E-state index in [-0.39, 0.29) is 58.3 Å². The number of rotatable bonds is 28. The number of unbranched alkanes of at least 4 members (excludes halogenated alkanes) is 2. The molecule has 0 aliphatic carbocycles. The third-order valence-corrected chi connectivity index (χ3v) is 11.5. The number of carbonyl (C=O) groups excluding carboxylic acids is 7. The van der Waals surface area contributed by atoms with E-state index >= 15 is 0 Å². The van der Waals surface area contributed by atoms with Gasteiger partial charge in [-0.05, 0) is 37.8 Å². The lowest BCUT2D eigenvalue weighted by Gasteiger charge is -2.50. The summed E-state index contributed by atoms with van der Waals surface area (Å²) in [6.45, 7) is 7.96. The van der Waals surface area contributed by atoms with Crippen LogP contribution in [0.15, 0.2) is 60.7 Å². The molecule has 0 radical (unpaired) electrons. The zero-order valence-corrected chi connectivity index (χ0v) is 41.7. The maximum Gasteiger partial charge on any atom is 0.305 e. The van der Waals surface area contributed by atoms with E-state index in [1.165, 1.54) is 28.1 Å². The van der Waals surface area contributed by atoms with Gasteiger partial charge in [-0.25, -0.2) is 0 Å². The summed E-state index contributed by atoms with van der Waals surface area (Å²) >= 11 is 0. The lowest BCUT2D eigenvalue weighted by Crippen LogP contribution is -2.69. The topological polar surface area (TPSA) is 254 Å². The number of ether oxygens (including phenoxy) is 12. The molecule has 2 saturated heterocycles. The molecule has 0 spiro atoms. The molecule has 2 fully saturated rings. The molecule has 21 heteroatoms. The average Bonchev–Trinajstić information content (AvgIpc) is 3.33. The standard InChI is InChI=1S/C50H70N2O19/c1-30-42(52-48(59)39(70-35(6)56)24-27-63-33(4)54)44(66-29-37-20-14-10-15-21-37)46(49(67-30)64-25-17-11-16-22-40(57)60-7)71-50-45(61-8)43(65-28-36-18-12-9-13-19-36)41(31(2)68-50)51-47(58)38(69-34(5)55)23-26-62-32(3)53/h9-10,12-15,18-21,30-31,38-39,41-46,49-50H,11,16-17,22-29H2,1-8H3,(H,51,58)(H,52,59)/t30-,31-,38-,39-,41-,42-,43+,44+,45+,46+,49+,50-/m1/s1. The van der Waals surface area contributed by atoms with E-state index in [0.717, 1.165) is 25.0 Å². The minimum atomic E-state index is -1.37. The van der Waals surface area contributed by atoms with Crippen LogP contribution in [0.2, 0.25) is 0 Å². The summed E-state index contributed by atoms with van der Waals surface area (Å²) in [7, 11) is 2.74. The summed E-state index contributed by atoms with van der Waals surface area (Å²) in [5.74, 6) is -4.39. The second-order valence-corrected chi connectivity index (χ2v) is 17.0. The molecule has 4 rings (SSSR count). The summed E-state index contributed by atoms with van der Waals surface area (Å²) in [6.07, 6.45) is -9.70. The van der Waals surface area contributed by atoms with E-state index in [1.807, 2.05) is 60.7 Å². The van der Waals surface area contributed by atoms with Crippen molar-refractivity contribution in [2.75, 3.05) is 34.0 Å². The molecule has 0 saturated carbocycles. The third-order valence-electron chi connectivity index (χ3n) is 11.5. The Bertz CT molecular complexity index is 1990. The number of nitrogens with one attached hydrogen (secondary N) is 2. The van der Waals surface area contributed by atoms with Crippen LogP contribution in [-0.4, -0.2) is 149 Å². The van der Waals surface area contributed by atoms with Crippen molar-refractivity contribution in [1.82, 2.24) is 10.6 Å². The number of hydrogen-bond donors (Lipinski definition) is 2. The number of hydrogen-bond acceptors (Lipinski definition) is 19. The SMILES string of the molecule is COC(=O)CCCCCO[C@H]1O[C@H](C)[C@@H](NC(=O)[C@@H](CCOC(C)=O)OC(C)=O)[C@H](OCc2ccccc2)[C@@H]1O[C@H]1O[C@H](C)[C@@H](NC(=O)[C@@H](CCOC(C)=O)OC(C)=O)[C@H](OCc2ccccc2)[C@@H]1OC. The predicted octanol–water partition coefficient (Wildman–Crippen LogP) is 3.54. The molecule has 12 atom stereocenters. The molecule has 71 heavy (non-hydrogen) atoms. The molecule has 2 aromatic rings. The monoisotopic (exact) mass is 1000 g/mol. The second-order valence-electron chi connectivity index (χ2n) is 17.0. The van der Waals surface area contributed by atoms with Crippen LogP contribution in [0, 0.1) is 0 Å². The molecule has 2 N–H and O–H groups in total. The minimum absolute atomic E-state index is 0.0258. The fourth-order valence-electron chi connectivity index (χ4n) is 7.99. The van der Waals surface area contributed by atoms with Crippen LogP contribution < -0.4 is 10.6 Å². The Labute approximate surface area is 414 Å². The lowest BCUT2D eigenvalue weighted by molar-refractivity contribution is -0.354. The first-order valence-corrected chi connectivity index (χ1v) is 23.7. The highest BCUT2D eigenvalue weighted by molar-refractivity contribution is 5.84. The summed E-state index contributed by atoms with van der Waals surface area (Å²) < 4.78 is 71.5. The van der Waals surface area contributed by atoms with Gasteiger partial charge in [0.05, 0.1) is 57.8 Å². The van der Waals surface area contributed by atoms with Crippen LogP contribution in [0.5, 0.6) is 0 Å². The van der Waals surface area contributed by atoms with Gasteiger partial charge in [-0.2, -0.15) is 0 Å². The first-order chi connectivity index (χ1) is 34.0. The Morgan fingerprint density at radius 3 is 1.45 bits per heavy atom. The van der Waals surface area contributed by atoms with Crippen LogP contribution in [-0.2, 0) is 104 Å². The smallest absolute Gasteiger partial charge is 0.305 e. The van der Waals surface area contributed by atoms with Gasteiger partial charge in [-0.1, -0.05) is 67.1 Å². The molecule has 0 aromatic heterocycles. The molecular formula is C50H70N2O19. The summed E-state index contributed by atoms with van der Waals surface area (Å²) in [6, 6.07) is 16.6. The molecule has 394 valence electrons. The van der Waals surface area contributed by atoms with Crippen molar-refractivity contribution in [1.29, 1.82) is 0 Å².